The molecule has 0 amide bonds. The summed E-state index contributed by atoms with van der Waals surface area (Å²) in [5.74, 6) is 0.984. The van der Waals surface area contributed by atoms with Crippen LogP contribution in [0.25, 0.3) is 0 Å². The molecule has 2 aromatic rings. The number of anilines is 1. The normalized spacial score (nSPS) is 21.3. The minimum Gasteiger partial charge on any atom is -0.495 e. The number of piperazine rings is 1. The quantitative estimate of drug-likeness (QED) is 0.661. The summed E-state index contributed by atoms with van der Waals surface area (Å²) in [4.78, 5) is 9.21. The van der Waals surface area contributed by atoms with E-state index in [-0.39, 0.29) is 0 Å². The number of thioether (sulfide) groups is 1. The molecule has 4 rings (SSSR count). The third-order valence-electron chi connectivity index (χ3n) is 6.28. The average Bonchev–Trinajstić information content (AvgIpc) is 2.79. The fraction of sp³-hybridized carbons (Fsp3) is 0.500. The van der Waals surface area contributed by atoms with Gasteiger partial charge >= 0.3 is 0 Å². The number of piperidine rings is 1. The molecule has 2 heterocycles. The number of benzene rings is 2. The van der Waals surface area contributed by atoms with Gasteiger partial charge in [-0.1, -0.05) is 24.3 Å². The van der Waals surface area contributed by atoms with Crippen LogP contribution in [-0.2, 0) is 6.54 Å². The lowest BCUT2D eigenvalue weighted by atomic mass is 10.0. The van der Waals surface area contributed by atoms with E-state index in [4.69, 9.17) is 4.74 Å². The van der Waals surface area contributed by atoms with Crippen molar-refractivity contribution in [1.29, 1.82) is 0 Å². The fourth-order valence-electron chi connectivity index (χ4n) is 4.72. The maximum Gasteiger partial charge on any atom is 0.142 e. The first-order chi connectivity index (χ1) is 14.3. The van der Waals surface area contributed by atoms with E-state index in [1.54, 1.807) is 7.11 Å². The van der Waals surface area contributed by atoms with Crippen LogP contribution in [0, 0.1) is 0 Å². The number of hydrogen-bond donors (Lipinski definition) is 0. The number of likely N-dealkylation sites (tertiary alicyclic amines) is 1. The second kappa shape index (κ2) is 9.88. The van der Waals surface area contributed by atoms with E-state index in [2.05, 4.69) is 63.4 Å². The van der Waals surface area contributed by atoms with Crippen molar-refractivity contribution in [3.8, 4) is 5.75 Å². The Kier molecular flexibility index (Phi) is 7.01. The van der Waals surface area contributed by atoms with Crippen LogP contribution in [0.5, 0.6) is 5.75 Å². The van der Waals surface area contributed by atoms with Gasteiger partial charge in [0.15, 0.2) is 0 Å². The summed E-state index contributed by atoms with van der Waals surface area (Å²) in [6.07, 6.45) is 4.79. The average molecular weight is 412 g/mol. The molecule has 0 aromatic heterocycles. The molecule has 2 saturated heterocycles. The van der Waals surface area contributed by atoms with Gasteiger partial charge in [-0.25, -0.2) is 0 Å². The monoisotopic (exact) mass is 411 g/mol. The van der Waals surface area contributed by atoms with E-state index >= 15 is 0 Å². The van der Waals surface area contributed by atoms with Gasteiger partial charge in [-0.2, -0.15) is 0 Å². The number of nitrogens with zero attached hydrogens (tertiary/aromatic N) is 3. The Morgan fingerprint density at radius 3 is 2.62 bits per heavy atom. The zero-order chi connectivity index (χ0) is 20.1. The van der Waals surface area contributed by atoms with Crippen LogP contribution in [0.3, 0.4) is 0 Å². The van der Waals surface area contributed by atoms with Gasteiger partial charge in [0, 0.05) is 50.2 Å². The van der Waals surface area contributed by atoms with Crippen molar-refractivity contribution in [2.75, 3.05) is 57.5 Å². The molecule has 5 heteroatoms. The second-order valence-electron chi connectivity index (χ2n) is 8.08. The number of hydrogen-bond acceptors (Lipinski definition) is 5. The summed E-state index contributed by atoms with van der Waals surface area (Å²) in [5.41, 5.74) is 2.67. The van der Waals surface area contributed by atoms with E-state index in [0.29, 0.717) is 6.04 Å². The Morgan fingerprint density at radius 1 is 1.00 bits per heavy atom. The summed E-state index contributed by atoms with van der Waals surface area (Å²) in [5, 5.41) is 0. The lowest BCUT2D eigenvalue weighted by Crippen LogP contribution is -2.55. The summed E-state index contributed by atoms with van der Waals surface area (Å²) in [6, 6.07) is 18.1. The van der Waals surface area contributed by atoms with Gasteiger partial charge in [0.25, 0.3) is 0 Å². The molecule has 4 nitrogen and oxygen atoms in total. The highest BCUT2D eigenvalue weighted by Crippen LogP contribution is 2.29. The topological polar surface area (TPSA) is 19.0 Å². The number of rotatable bonds is 6. The first kappa shape index (κ1) is 20.6. The number of methoxy groups -OCH3 is 1. The summed E-state index contributed by atoms with van der Waals surface area (Å²) >= 11 is 1.83. The van der Waals surface area contributed by atoms with Crippen molar-refractivity contribution >= 4 is 17.4 Å². The van der Waals surface area contributed by atoms with Crippen molar-refractivity contribution < 1.29 is 4.74 Å². The third kappa shape index (κ3) is 5.08. The van der Waals surface area contributed by atoms with E-state index in [0.717, 1.165) is 38.5 Å². The van der Waals surface area contributed by atoms with Gasteiger partial charge in [-0.15, -0.1) is 11.8 Å². The van der Waals surface area contributed by atoms with E-state index in [1.807, 2.05) is 17.8 Å². The zero-order valence-corrected chi connectivity index (χ0v) is 18.5. The van der Waals surface area contributed by atoms with Crippen LogP contribution in [-0.4, -0.2) is 68.5 Å². The molecular formula is C24H33N3OS. The Bertz CT molecular complexity index is 791. The highest BCUT2D eigenvalue weighted by Gasteiger charge is 2.28. The highest BCUT2D eigenvalue weighted by molar-refractivity contribution is 7.98. The molecule has 0 N–H and O–H groups in total. The van der Waals surface area contributed by atoms with Gasteiger partial charge in [-0.3, -0.25) is 9.80 Å². The molecule has 29 heavy (non-hydrogen) atoms. The van der Waals surface area contributed by atoms with Gasteiger partial charge < -0.3 is 9.64 Å². The first-order valence-corrected chi connectivity index (χ1v) is 12.0. The van der Waals surface area contributed by atoms with Gasteiger partial charge in [0.2, 0.25) is 0 Å². The second-order valence-corrected chi connectivity index (χ2v) is 8.96. The minimum absolute atomic E-state index is 0.687. The molecule has 0 unspecified atom stereocenters. The Balaban J connectivity index is 1.32. The van der Waals surface area contributed by atoms with E-state index < -0.39 is 0 Å². The molecule has 2 aliphatic heterocycles. The predicted octanol–water partition coefficient (Wildman–Crippen LogP) is 4.20. The lowest BCUT2D eigenvalue weighted by Gasteiger charge is -2.44. The predicted molar refractivity (Wildman–Crippen MR) is 123 cm³/mol. The smallest absolute Gasteiger partial charge is 0.142 e. The lowest BCUT2D eigenvalue weighted by molar-refractivity contribution is 0.0887. The maximum absolute atomic E-state index is 5.57. The Labute approximate surface area is 179 Å². The van der Waals surface area contributed by atoms with Gasteiger partial charge in [0.1, 0.15) is 5.75 Å². The molecule has 2 fully saturated rings. The van der Waals surface area contributed by atoms with Gasteiger partial charge in [-0.05, 0) is 55.5 Å². The van der Waals surface area contributed by atoms with Crippen LogP contribution >= 0.6 is 11.8 Å². The third-order valence-corrected chi connectivity index (χ3v) is 7.00. The van der Waals surface area contributed by atoms with E-state index in [1.165, 1.54) is 42.1 Å². The van der Waals surface area contributed by atoms with E-state index in [9.17, 15) is 0 Å². The van der Waals surface area contributed by atoms with Crippen molar-refractivity contribution in [1.82, 2.24) is 9.80 Å². The van der Waals surface area contributed by atoms with Crippen molar-refractivity contribution in [2.24, 2.45) is 0 Å². The number of ether oxygens (including phenoxy) is 1. The van der Waals surface area contributed by atoms with Crippen molar-refractivity contribution in [2.45, 2.75) is 30.3 Å². The van der Waals surface area contributed by atoms with Crippen molar-refractivity contribution in [3.63, 3.8) is 0 Å². The summed E-state index contributed by atoms with van der Waals surface area (Å²) in [6.45, 7) is 7.92. The van der Waals surface area contributed by atoms with Crippen molar-refractivity contribution in [3.05, 3.63) is 54.1 Å². The highest BCUT2D eigenvalue weighted by atomic mass is 32.2. The first-order valence-electron chi connectivity index (χ1n) is 10.7. The minimum atomic E-state index is 0.687. The Hall–Kier alpha value is -1.69. The zero-order valence-electron chi connectivity index (χ0n) is 17.7. The molecule has 2 aromatic carbocycles. The Morgan fingerprint density at radius 2 is 1.83 bits per heavy atom. The van der Waals surface area contributed by atoms with Crippen LogP contribution in [0.2, 0.25) is 0 Å². The van der Waals surface area contributed by atoms with Crippen LogP contribution in [0.4, 0.5) is 5.69 Å². The molecule has 2 aliphatic rings. The molecule has 0 bridgehead atoms. The van der Waals surface area contributed by atoms with Crippen LogP contribution < -0.4 is 9.64 Å². The molecular weight excluding hydrogens is 378 g/mol. The summed E-state index contributed by atoms with van der Waals surface area (Å²) in [7, 11) is 1.76. The molecule has 0 spiro atoms. The van der Waals surface area contributed by atoms with Crippen LogP contribution in [0.1, 0.15) is 18.4 Å². The molecule has 0 saturated carbocycles. The van der Waals surface area contributed by atoms with Gasteiger partial charge in [0.05, 0.1) is 12.8 Å². The number of para-hydroxylation sites is 2. The summed E-state index contributed by atoms with van der Waals surface area (Å²) < 4.78 is 5.57. The molecule has 156 valence electrons. The fourth-order valence-corrected chi connectivity index (χ4v) is 5.20. The standard InChI is InChI=1S/C24H33N3OS/c1-28-24-11-4-3-10-23(24)27-15-13-26(14-16-27)21-8-6-12-25(19-21)18-20-7-5-9-22(17-20)29-2/h3-5,7,9-11,17,21H,6,8,12-16,18-19H2,1-2H3/t21-/m0/s1. The molecule has 1 atom stereocenters. The maximum atomic E-state index is 5.57. The molecule has 0 radical (unpaired) electrons. The van der Waals surface area contributed by atoms with Crippen LogP contribution in [0.15, 0.2) is 53.4 Å². The molecule has 0 aliphatic carbocycles. The SMILES string of the molecule is COc1ccccc1N1CCN([C@H]2CCCN(Cc3cccc(SC)c3)C2)CC1. The largest absolute Gasteiger partial charge is 0.495 e.